The molecule has 22 heavy (non-hydrogen) atoms. The van der Waals surface area contributed by atoms with Gasteiger partial charge in [0.15, 0.2) is 5.69 Å². The molecule has 7 heteroatoms. The average molecular weight is 337 g/mol. The summed E-state index contributed by atoms with van der Waals surface area (Å²) in [5.74, 6) is 2.70. The van der Waals surface area contributed by atoms with Crippen molar-refractivity contribution in [3.63, 3.8) is 0 Å². The van der Waals surface area contributed by atoms with Crippen LogP contribution in [0.5, 0.6) is 0 Å². The number of morpholine rings is 1. The molecule has 0 amide bonds. The van der Waals surface area contributed by atoms with E-state index in [-0.39, 0.29) is 0 Å². The van der Waals surface area contributed by atoms with Crippen molar-refractivity contribution in [2.75, 3.05) is 24.7 Å². The smallest absolute Gasteiger partial charge is 0.296 e. The predicted molar refractivity (Wildman–Crippen MR) is 89.6 cm³/mol. The van der Waals surface area contributed by atoms with Gasteiger partial charge in [-0.3, -0.25) is 0 Å². The first-order chi connectivity index (χ1) is 10.6. The summed E-state index contributed by atoms with van der Waals surface area (Å²) in [6, 6.07) is 2.47. The van der Waals surface area contributed by atoms with Crippen molar-refractivity contribution in [1.82, 2.24) is 9.97 Å². The maximum absolute atomic E-state index is 5.51. The maximum atomic E-state index is 5.51. The molecule has 2 aromatic rings. The number of aryl methyl sites for hydroxylation is 2. The second kappa shape index (κ2) is 6.93. The molecule has 0 saturated carbocycles. The van der Waals surface area contributed by atoms with Gasteiger partial charge in [0.25, 0.3) is 4.34 Å². The van der Waals surface area contributed by atoms with Crippen LogP contribution in [0.1, 0.15) is 24.1 Å². The fourth-order valence-corrected chi connectivity index (χ4v) is 4.29. The highest BCUT2D eigenvalue weighted by atomic mass is 32.2. The van der Waals surface area contributed by atoms with Crippen molar-refractivity contribution in [1.29, 1.82) is 0 Å². The third-order valence-corrected chi connectivity index (χ3v) is 5.77. The number of nitrogens with one attached hydrogen (secondary N) is 1. The predicted octanol–water partition coefficient (Wildman–Crippen LogP) is 2.49. The van der Waals surface area contributed by atoms with Crippen LogP contribution in [0.3, 0.4) is 0 Å². The van der Waals surface area contributed by atoms with E-state index in [1.165, 1.54) is 10.0 Å². The number of hydrogen-bond donors (Lipinski definition) is 0. The van der Waals surface area contributed by atoms with E-state index in [4.69, 9.17) is 4.74 Å². The van der Waals surface area contributed by atoms with E-state index in [0.717, 1.165) is 42.8 Å². The van der Waals surface area contributed by atoms with Gasteiger partial charge in [0.1, 0.15) is 11.6 Å². The van der Waals surface area contributed by atoms with Gasteiger partial charge in [0.05, 0.1) is 30.3 Å². The lowest BCUT2D eigenvalue weighted by atomic mass is 10.2. The molecule has 0 radical (unpaired) electrons. The number of thiazole rings is 1. The minimum absolute atomic E-state index is 0.358. The van der Waals surface area contributed by atoms with E-state index < -0.39 is 0 Å². The van der Waals surface area contributed by atoms with E-state index >= 15 is 0 Å². The molecule has 0 spiro atoms. The van der Waals surface area contributed by atoms with E-state index in [0.29, 0.717) is 6.04 Å². The molecule has 5 nitrogen and oxygen atoms in total. The zero-order valence-electron chi connectivity index (χ0n) is 13.1. The number of aromatic nitrogens is 3. The van der Waals surface area contributed by atoms with Crippen LogP contribution >= 0.6 is 23.1 Å². The first kappa shape index (κ1) is 15.7. The molecule has 118 valence electrons. The molecule has 0 aromatic carbocycles. The van der Waals surface area contributed by atoms with Gasteiger partial charge in [0, 0.05) is 25.3 Å². The number of nitrogens with zero attached hydrogens (tertiary/aromatic N) is 3. The van der Waals surface area contributed by atoms with Crippen LogP contribution in [0, 0.1) is 13.8 Å². The second-order valence-electron chi connectivity index (χ2n) is 5.50. The molecule has 0 bridgehead atoms. The van der Waals surface area contributed by atoms with Crippen molar-refractivity contribution < 1.29 is 9.72 Å². The first-order valence-corrected chi connectivity index (χ1v) is 9.27. The molecule has 0 unspecified atom stereocenters. The molecule has 1 saturated heterocycles. The van der Waals surface area contributed by atoms with Crippen LogP contribution in [0.25, 0.3) is 0 Å². The summed E-state index contributed by atoms with van der Waals surface area (Å²) in [6.45, 7) is 8.63. The Morgan fingerprint density at radius 3 is 3.05 bits per heavy atom. The van der Waals surface area contributed by atoms with Gasteiger partial charge in [-0.1, -0.05) is 11.3 Å². The fraction of sp³-hybridized carbons (Fsp3) is 0.533. The highest BCUT2D eigenvalue weighted by Crippen LogP contribution is 2.25. The van der Waals surface area contributed by atoms with Gasteiger partial charge >= 0.3 is 0 Å². The molecular weight excluding hydrogens is 316 g/mol. The van der Waals surface area contributed by atoms with E-state index in [1.807, 2.05) is 6.92 Å². The monoisotopic (exact) mass is 337 g/mol. The lowest BCUT2D eigenvalue weighted by Crippen LogP contribution is -2.44. The largest absolute Gasteiger partial charge is 0.377 e. The highest BCUT2D eigenvalue weighted by Gasteiger charge is 2.21. The molecule has 1 fully saturated rings. The molecule has 3 rings (SSSR count). The number of H-pyrrole nitrogens is 1. The van der Waals surface area contributed by atoms with Crippen LogP contribution in [-0.4, -0.2) is 35.8 Å². The summed E-state index contributed by atoms with van der Waals surface area (Å²) < 4.78 is 6.73. The Kier molecular flexibility index (Phi) is 4.95. The SMILES string of the molecule is Cc1nc(CSc2[nH+]c(C)cs2)cc(N2CCOC[C@@H]2C)n1. The Morgan fingerprint density at radius 2 is 2.32 bits per heavy atom. The van der Waals surface area contributed by atoms with Crippen molar-refractivity contribution >= 4 is 28.9 Å². The Balaban J connectivity index is 1.74. The number of ether oxygens (including phenoxy) is 1. The molecule has 1 aliphatic rings. The average Bonchev–Trinajstić information content (AvgIpc) is 2.91. The summed E-state index contributed by atoms with van der Waals surface area (Å²) in [4.78, 5) is 14.9. The van der Waals surface area contributed by atoms with E-state index in [1.54, 1.807) is 23.1 Å². The molecule has 1 atom stereocenters. The maximum Gasteiger partial charge on any atom is 0.296 e. The van der Waals surface area contributed by atoms with Gasteiger partial charge in [-0.15, -0.1) is 0 Å². The van der Waals surface area contributed by atoms with Crippen LogP contribution < -0.4 is 9.88 Å². The second-order valence-corrected chi connectivity index (χ2v) is 7.63. The van der Waals surface area contributed by atoms with Gasteiger partial charge < -0.3 is 9.64 Å². The van der Waals surface area contributed by atoms with Crippen molar-refractivity contribution in [3.8, 4) is 0 Å². The van der Waals surface area contributed by atoms with Gasteiger partial charge in [0.2, 0.25) is 0 Å². The molecular formula is C15H21N4OS2+. The number of aromatic amines is 1. The molecule has 0 aliphatic carbocycles. The van der Waals surface area contributed by atoms with Gasteiger partial charge in [-0.05, 0) is 25.6 Å². The number of anilines is 1. The van der Waals surface area contributed by atoms with Crippen LogP contribution in [0.2, 0.25) is 0 Å². The van der Waals surface area contributed by atoms with E-state index in [2.05, 4.69) is 45.1 Å². The van der Waals surface area contributed by atoms with Crippen molar-refractivity contribution in [3.05, 3.63) is 28.7 Å². The number of hydrogen-bond acceptors (Lipinski definition) is 6. The number of thioether (sulfide) groups is 1. The minimum atomic E-state index is 0.358. The third kappa shape index (κ3) is 3.77. The van der Waals surface area contributed by atoms with Crippen LogP contribution in [-0.2, 0) is 10.5 Å². The fourth-order valence-electron chi connectivity index (χ4n) is 2.47. The Morgan fingerprint density at radius 1 is 1.45 bits per heavy atom. The Labute approximate surface area is 139 Å². The molecule has 1 aliphatic heterocycles. The molecule has 3 heterocycles. The first-order valence-electron chi connectivity index (χ1n) is 7.41. The summed E-state index contributed by atoms with van der Waals surface area (Å²) in [6.07, 6.45) is 0. The summed E-state index contributed by atoms with van der Waals surface area (Å²) in [5, 5.41) is 2.13. The van der Waals surface area contributed by atoms with Gasteiger partial charge in [-0.2, -0.15) is 4.98 Å². The Hall–Kier alpha value is -1.18. The summed E-state index contributed by atoms with van der Waals surface area (Å²) in [5.41, 5.74) is 2.28. The van der Waals surface area contributed by atoms with Gasteiger partial charge in [-0.25, -0.2) is 9.97 Å². The quantitative estimate of drug-likeness (QED) is 0.802. The molecule has 2 aromatic heterocycles. The topological polar surface area (TPSA) is 52.4 Å². The lowest BCUT2D eigenvalue weighted by Gasteiger charge is -2.34. The number of rotatable bonds is 4. The minimum Gasteiger partial charge on any atom is -0.377 e. The third-order valence-electron chi connectivity index (χ3n) is 3.53. The Bertz CT molecular complexity index is 646. The normalized spacial score (nSPS) is 18.7. The van der Waals surface area contributed by atoms with Crippen LogP contribution in [0.4, 0.5) is 5.82 Å². The summed E-state index contributed by atoms with van der Waals surface area (Å²) >= 11 is 3.53. The van der Waals surface area contributed by atoms with E-state index in [9.17, 15) is 0 Å². The zero-order chi connectivity index (χ0) is 15.5. The standard InChI is InChI=1S/C15H20N4OS2/c1-10-8-21-15(16-10)22-9-13-6-14(18-12(3)17-13)19-4-5-20-7-11(19)2/h6,8,11H,4-5,7,9H2,1-3H3/p+1/t11-/m0/s1. The van der Waals surface area contributed by atoms with Crippen LogP contribution in [0.15, 0.2) is 15.8 Å². The summed E-state index contributed by atoms with van der Waals surface area (Å²) in [7, 11) is 0. The lowest BCUT2D eigenvalue weighted by molar-refractivity contribution is -0.425. The molecule has 1 N–H and O–H groups in total. The highest BCUT2D eigenvalue weighted by molar-refractivity contribution is 8.00. The van der Waals surface area contributed by atoms with Crippen molar-refractivity contribution in [2.45, 2.75) is 36.9 Å². The van der Waals surface area contributed by atoms with Crippen molar-refractivity contribution in [2.24, 2.45) is 0 Å². The zero-order valence-corrected chi connectivity index (χ0v) is 14.8.